The minimum Gasteiger partial charge on any atom is -0.380 e. The number of rotatable bonds is 1. The number of primary amides is 1. The van der Waals surface area contributed by atoms with Crippen LogP contribution in [0, 0.1) is 5.92 Å². The average molecular weight is 157 g/mol. The Balaban J connectivity index is 2.72. The molecule has 3 heteroatoms. The van der Waals surface area contributed by atoms with Gasteiger partial charge in [0.1, 0.15) is 5.60 Å². The lowest BCUT2D eigenvalue weighted by Gasteiger charge is -2.34. The number of nitrogens with two attached hydrogens (primary N) is 1. The Morgan fingerprint density at radius 3 is 2.64 bits per heavy atom. The van der Waals surface area contributed by atoms with Crippen molar-refractivity contribution >= 4 is 5.91 Å². The minimum atomic E-state index is -1.22. The lowest BCUT2D eigenvalue weighted by Crippen LogP contribution is -2.50. The van der Waals surface area contributed by atoms with Gasteiger partial charge in [-0.25, -0.2) is 0 Å². The van der Waals surface area contributed by atoms with E-state index >= 15 is 0 Å². The average Bonchev–Trinajstić information content (AvgIpc) is 1.95. The molecule has 1 rings (SSSR count). The van der Waals surface area contributed by atoms with Crippen molar-refractivity contribution in [2.24, 2.45) is 11.7 Å². The smallest absolute Gasteiger partial charge is 0.249 e. The van der Waals surface area contributed by atoms with E-state index in [2.05, 4.69) is 0 Å². The van der Waals surface area contributed by atoms with Crippen molar-refractivity contribution in [2.75, 3.05) is 0 Å². The van der Waals surface area contributed by atoms with Gasteiger partial charge in [-0.2, -0.15) is 0 Å². The Kier molecular flexibility index (Phi) is 2.18. The molecule has 0 saturated heterocycles. The quantitative estimate of drug-likeness (QED) is 0.579. The van der Waals surface area contributed by atoms with Crippen LogP contribution in [0.25, 0.3) is 0 Å². The largest absolute Gasteiger partial charge is 0.380 e. The van der Waals surface area contributed by atoms with E-state index in [0.717, 1.165) is 19.3 Å². The van der Waals surface area contributed by atoms with Crippen LogP contribution >= 0.6 is 0 Å². The molecule has 0 aromatic heterocycles. The second-order valence-electron chi connectivity index (χ2n) is 3.44. The molecule has 11 heavy (non-hydrogen) atoms. The highest BCUT2D eigenvalue weighted by Gasteiger charge is 2.41. The predicted octanol–water partition coefficient (Wildman–Crippen LogP) is 0.413. The highest BCUT2D eigenvalue weighted by molar-refractivity contribution is 5.83. The maximum Gasteiger partial charge on any atom is 0.249 e. The zero-order chi connectivity index (χ0) is 8.48. The second-order valence-corrected chi connectivity index (χ2v) is 3.44. The third-order valence-corrected chi connectivity index (χ3v) is 2.69. The van der Waals surface area contributed by atoms with Gasteiger partial charge in [-0.15, -0.1) is 0 Å². The number of carbonyl (C=O) groups is 1. The molecule has 0 aliphatic heterocycles. The molecule has 1 fully saturated rings. The molecule has 0 aromatic carbocycles. The molecule has 1 amide bonds. The van der Waals surface area contributed by atoms with Gasteiger partial charge in [0.15, 0.2) is 0 Å². The van der Waals surface area contributed by atoms with E-state index in [9.17, 15) is 9.90 Å². The Hall–Kier alpha value is -0.570. The van der Waals surface area contributed by atoms with Gasteiger partial charge in [-0.1, -0.05) is 19.8 Å². The van der Waals surface area contributed by atoms with E-state index in [4.69, 9.17) is 5.73 Å². The second kappa shape index (κ2) is 2.81. The van der Waals surface area contributed by atoms with E-state index < -0.39 is 11.5 Å². The van der Waals surface area contributed by atoms with E-state index in [-0.39, 0.29) is 5.92 Å². The first-order chi connectivity index (χ1) is 5.07. The summed E-state index contributed by atoms with van der Waals surface area (Å²) in [6, 6.07) is 0. The summed E-state index contributed by atoms with van der Waals surface area (Å²) in [6.07, 6.45) is 3.43. The fourth-order valence-electron chi connectivity index (χ4n) is 1.70. The van der Waals surface area contributed by atoms with Crippen LogP contribution in [0.4, 0.5) is 0 Å². The molecule has 3 nitrogen and oxygen atoms in total. The fraction of sp³-hybridized carbons (Fsp3) is 0.875. The van der Waals surface area contributed by atoms with Crippen LogP contribution in [0.2, 0.25) is 0 Å². The Labute approximate surface area is 66.6 Å². The molecule has 1 aliphatic rings. The highest BCUT2D eigenvalue weighted by Crippen LogP contribution is 2.32. The van der Waals surface area contributed by atoms with Crippen molar-refractivity contribution in [1.29, 1.82) is 0 Å². The van der Waals surface area contributed by atoms with Crippen LogP contribution in [0.15, 0.2) is 0 Å². The number of hydrogen-bond acceptors (Lipinski definition) is 2. The van der Waals surface area contributed by atoms with Gasteiger partial charge in [0.05, 0.1) is 0 Å². The van der Waals surface area contributed by atoms with Crippen molar-refractivity contribution in [3.8, 4) is 0 Å². The summed E-state index contributed by atoms with van der Waals surface area (Å²) < 4.78 is 0. The van der Waals surface area contributed by atoms with Crippen LogP contribution < -0.4 is 5.73 Å². The monoisotopic (exact) mass is 157 g/mol. The van der Waals surface area contributed by atoms with E-state index in [0.29, 0.717) is 6.42 Å². The van der Waals surface area contributed by atoms with Crippen molar-refractivity contribution < 1.29 is 9.90 Å². The standard InChI is InChI=1S/C8H15NO2/c1-6-4-2-3-5-8(6,11)7(9)10/h6,11H,2-5H2,1H3,(H2,9,10). The molecule has 3 N–H and O–H groups in total. The van der Waals surface area contributed by atoms with Gasteiger partial charge in [-0.05, 0) is 18.8 Å². The summed E-state index contributed by atoms with van der Waals surface area (Å²) in [4.78, 5) is 10.9. The molecular formula is C8H15NO2. The first-order valence-electron chi connectivity index (χ1n) is 4.09. The maximum absolute atomic E-state index is 10.9. The Morgan fingerprint density at radius 2 is 2.27 bits per heavy atom. The lowest BCUT2D eigenvalue weighted by atomic mass is 9.76. The normalized spacial score (nSPS) is 38.5. The summed E-state index contributed by atoms with van der Waals surface area (Å²) >= 11 is 0. The van der Waals surface area contributed by atoms with Gasteiger partial charge in [-0.3, -0.25) is 4.79 Å². The molecule has 0 bridgehead atoms. The molecule has 0 aromatic rings. The molecule has 64 valence electrons. The highest BCUT2D eigenvalue weighted by atomic mass is 16.3. The molecule has 2 atom stereocenters. The maximum atomic E-state index is 10.9. The zero-order valence-electron chi connectivity index (χ0n) is 6.84. The van der Waals surface area contributed by atoms with Gasteiger partial charge < -0.3 is 10.8 Å². The molecule has 1 aliphatic carbocycles. The van der Waals surface area contributed by atoms with Crippen molar-refractivity contribution in [3.63, 3.8) is 0 Å². The number of aliphatic hydroxyl groups is 1. The van der Waals surface area contributed by atoms with Crippen molar-refractivity contribution in [2.45, 2.75) is 38.2 Å². The molecule has 0 heterocycles. The Morgan fingerprint density at radius 1 is 1.64 bits per heavy atom. The van der Waals surface area contributed by atoms with Crippen LogP contribution in [0.3, 0.4) is 0 Å². The van der Waals surface area contributed by atoms with E-state index in [1.165, 1.54) is 0 Å². The first kappa shape index (κ1) is 8.53. The van der Waals surface area contributed by atoms with Crippen molar-refractivity contribution in [3.05, 3.63) is 0 Å². The van der Waals surface area contributed by atoms with E-state index in [1.807, 2.05) is 6.92 Å². The van der Waals surface area contributed by atoms with Gasteiger partial charge >= 0.3 is 0 Å². The van der Waals surface area contributed by atoms with Gasteiger partial charge in [0.2, 0.25) is 5.91 Å². The molecular weight excluding hydrogens is 142 g/mol. The van der Waals surface area contributed by atoms with Crippen molar-refractivity contribution in [1.82, 2.24) is 0 Å². The third-order valence-electron chi connectivity index (χ3n) is 2.69. The SMILES string of the molecule is CC1CCCCC1(O)C(N)=O. The van der Waals surface area contributed by atoms with Crippen LogP contribution in [-0.4, -0.2) is 16.6 Å². The summed E-state index contributed by atoms with van der Waals surface area (Å²) in [5.74, 6) is -0.543. The van der Waals surface area contributed by atoms with E-state index in [1.54, 1.807) is 0 Å². The molecule has 2 unspecified atom stereocenters. The number of amides is 1. The molecule has 0 spiro atoms. The van der Waals surface area contributed by atoms with Gasteiger partial charge in [0.25, 0.3) is 0 Å². The predicted molar refractivity (Wildman–Crippen MR) is 41.8 cm³/mol. The summed E-state index contributed by atoms with van der Waals surface area (Å²) in [5.41, 5.74) is 3.88. The third kappa shape index (κ3) is 1.38. The first-order valence-corrected chi connectivity index (χ1v) is 4.09. The summed E-state index contributed by atoms with van der Waals surface area (Å²) in [5, 5.41) is 9.74. The number of carbonyl (C=O) groups excluding carboxylic acids is 1. The summed E-state index contributed by atoms with van der Waals surface area (Å²) in [6.45, 7) is 1.88. The fourth-order valence-corrected chi connectivity index (χ4v) is 1.70. The summed E-state index contributed by atoms with van der Waals surface area (Å²) in [7, 11) is 0. The lowest BCUT2D eigenvalue weighted by molar-refractivity contribution is -0.145. The van der Waals surface area contributed by atoms with Crippen LogP contribution in [-0.2, 0) is 4.79 Å². The number of hydrogen-bond donors (Lipinski definition) is 2. The van der Waals surface area contributed by atoms with Gasteiger partial charge in [0, 0.05) is 0 Å². The van der Waals surface area contributed by atoms with Crippen LogP contribution in [0.1, 0.15) is 32.6 Å². The molecule has 1 saturated carbocycles. The molecule has 0 radical (unpaired) electrons. The minimum absolute atomic E-state index is 0.0220. The Bertz CT molecular complexity index is 169. The zero-order valence-corrected chi connectivity index (χ0v) is 6.84. The van der Waals surface area contributed by atoms with Crippen LogP contribution in [0.5, 0.6) is 0 Å². The topological polar surface area (TPSA) is 63.3 Å².